The van der Waals surface area contributed by atoms with Crippen molar-refractivity contribution in [2.24, 2.45) is 0 Å². The lowest BCUT2D eigenvalue weighted by atomic mass is 10.0. The molecule has 1 amide bonds. The largest absolute Gasteiger partial charge is 0.361 e. The van der Waals surface area contributed by atoms with E-state index in [0.717, 1.165) is 42.4 Å². The molecule has 0 aliphatic carbocycles. The fourth-order valence-corrected chi connectivity index (χ4v) is 3.82. The maximum Gasteiger partial charge on any atom is 0.227 e. The molecule has 0 bridgehead atoms. The number of halogens is 1. The highest BCUT2D eigenvalue weighted by Gasteiger charge is 2.24. The van der Waals surface area contributed by atoms with Crippen LogP contribution in [0.15, 0.2) is 43.1 Å². The molecule has 0 spiro atoms. The zero-order valence-corrected chi connectivity index (χ0v) is 14.0. The number of aromatic amines is 1. The van der Waals surface area contributed by atoms with Crippen molar-refractivity contribution < 1.29 is 4.79 Å². The summed E-state index contributed by atoms with van der Waals surface area (Å²) in [6, 6.07) is 6.20. The summed E-state index contributed by atoms with van der Waals surface area (Å²) in [6.07, 6.45) is 9.88. The summed E-state index contributed by atoms with van der Waals surface area (Å²) < 4.78 is 2.14. The Kier molecular flexibility index (Phi) is 4.02. The molecule has 2 aromatic heterocycles. The molecule has 1 aliphatic rings. The van der Waals surface area contributed by atoms with E-state index in [-0.39, 0.29) is 5.91 Å². The first kappa shape index (κ1) is 15.3. The van der Waals surface area contributed by atoms with E-state index in [1.54, 1.807) is 6.20 Å². The number of likely N-dealkylation sites (tertiary alicyclic amines) is 1. The van der Waals surface area contributed by atoms with Gasteiger partial charge in [0.25, 0.3) is 0 Å². The van der Waals surface area contributed by atoms with Crippen molar-refractivity contribution in [3.8, 4) is 0 Å². The Hall–Kier alpha value is -2.27. The number of fused-ring (bicyclic) bond motifs is 1. The predicted octanol–water partition coefficient (Wildman–Crippen LogP) is 3.42. The molecule has 24 heavy (non-hydrogen) atoms. The number of nitrogens with one attached hydrogen (secondary N) is 1. The minimum absolute atomic E-state index is 0.167. The van der Waals surface area contributed by atoms with Crippen LogP contribution in [0.25, 0.3) is 10.9 Å². The first-order chi connectivity index (χ1) is 11.7. The molecular weight excluding hydrogens is 324 g/mol. The SMILES string of the molecule is O=C(Cc1c[nH]c2cccc(Cl)c12)N1CCC(n2ccnc2)CC1. The predicted molar refractivity (Wildman–Crippen MR) is 94.1 cm³/mol. The second-order valence-electron chi connectivity index (χ2n) is 6.27. The van der Waals surface area contributed by atoms with Gasteiger partial charge in [0.2, 0.25) is 5.91 Å². The molecule has 6 heteroatoms. The number of aromatic nitrogens is 3. The van der Waals surface area contributed by atoms with Crippen LogP contribution in [-0.4, -0.2) is 38.4 Å². The van der Waals surface area contributed by atoms with E-state index in [1.807, 2.05) is 41.8 Å². The van der Waals surface area contributed by atoms with Crippen molar-refractivity contribution in [1.29, 1.82) is 0 Å². The molecule has 1 fully saturated rings. The summed E-state index contributed by atoms with van der Waals surface area (Å²) in [4.78, 5) is 21.9. The molecule has 1 N–H and O–H groups in total. The summed E-state index contributed by atoms with van der Waals surface area (Å²) >= 11 is 6.30. The van der Waals surface area contributed by atoms with Crippen LogP contribution in [-0.2, 0) is 11.2 Å². The highest BCUT2D eigenvalue weighted by molar-refractivity contribution is 6.35. The Labute approximate surface area is 145 Å². The Morgan fingerprint density at radius 1 is 1.33 bits per heavy atom. The van der Waals surface area contributed by atoms with Gasteiger partial charge in [-0.2, -0.15) is 0 Å². The number of piperidine rings is 1. The first-order valence-corrected chi connectivity index (χ1v) is 8.60. The average molecular weight is 343 g/mol. The number of carbonyl (C=O) groups excluding carboxylic acids is 1. The smallest absolute Gasteiger partial charge is 0.227 e. The topological polar surface area (TPSA) is 53.9 Å². The molecule has 1 saturated heterocycles. The number of hydrogen-bond donors (Lipinski definition) is 1. The standard InChI is InChI=1S/C18H19ClN4O/c19-15-2-1-3-16-18(15)13(11-21-16)10-17(24)22-7-4-14(5-8-22)23-9-6-20-12-23/h1-3,6,9,11-12,14,21H,4-5,7-8,10H2. The first-order valence-electron chi connectivity index (χ1n) is 8.22. The molecule has 124 valence electrons. The van der Waals surface area contributed by atoms with Gasteiger partial charge in [-0.25, -0.2) is 4.98 Å². The normalized spacial score (nSPS) is 16.0. The Bertz CT molecular complexity index is 847. The molecule has 4 rings (SSSR count). The van der Waals surface area contributed by atoms with E-state index >= 15 is 0 Å². The monoisotopic (exact) mass is 342 g/mol. The summed E-state index contributed by atoms with van der Waals surface area (Å²) in [6.45, 7) is 1.58. The van der Waals surface area contributed by atoms with E-state index in [4.69, 9.17) is 11.6 Å². The zero-order valence-electron chi connectivity index (χ0n) is 13.3. The van der Waals surface area contributed by atoms with Crippen molar-refractivity contribution >= 4 is 28.4 Å². The number of hydrogen-bond acceptors (Lipinski definition) is 2. The molecule has 0 radical (unpaired) electrons. The van der Waals surface area contributed by atoms with Gasteiger partial charge >= 0.3 is 0 Å². The molecule has 3 aromatic rings. The lowest BCUT2D eigenvalue weighted by Crippen LogP contribution is -2.39. The van der Waals surface area contributed by atoms with E-state index in [0.29, 0.717) is 17.5 Å². The summed E-state index contributed by atoms with van der Waals surface area (Å²) in [5, 5.41) is 1.65. The van der Waals surface area contributed by atoms with E-state index in [2.05, 4.69) is 14.5 Å². The number of imidazole rings is 1. The zero-order chi connectivity index (χ0) is 16.5. The van der Waals surface area contributed by atoms with Gasteiger partial charge < -0.3 is 14.5 Å². The lowest BCUT2D eigenvalue weighted by molar-refractivity contribution is -0.131. The number of nitrogens with zero attached hydrogens (tertiary/aromatic N) is 3. The molecule has 0 atom stereocenters. The third-order valence-electron chi connectivity index (χ3n) is 4.84. The number of amides is 1. The van der Waals surface area contributed by atoms with Crippen molar-refractivity contribution in [2.45, 2.75) is 25.3 Å². The Balaban J connectivity index is 1.43. The van der Waals surface area contributed by atoms with Crippen LogP contribution < -0.4 is 0 Å². The maximum absolute atomic E-state index is 12.7. The quantitative estimate of drug-likeness (QED) is 0.793. The molecular formula is C18H19ClN4O. The molecule has 0 unspecified atom stereocenters. The lowest BCUT2D eigenvalue weighted by Gasteiger charge is -2.32. The van der Waals surface area contributed by atoms with Gasteiger partial charge in [0.1, 0.15) is 0 Å². The summed E-state index contributed by atoms with van der Waals surface area (Å²) in [7, 11) is 0. The van der Waals surface area contributed by atoms with Crippen LogP contribution in [0.3, 0.4) is 0 Å². The van der Waals surface area contributed by atoms with Gasteiger partial charge in [-0.15, -0.1) is 0 Å². The van der Waals surface area contributed by atoms with Crippen LogP contribution in [0.2, 0.25) is 5.02 Å². The Morgan fingerprint density at radius 3 is 2.92 bits per heavy atom. The highest BCUT2D eigenvalue weighted by Crippen LogP contribution is 2.28. The van der Waals surface area contributed by atoms with Crippen LogP contribution in [0.1, 0.15) is 24.4 Å². The highest BCUT2D eigenvalue weighted by atomic mass is 35.5. The molecule has 5 nitrogen and oxygen atoms in total. The van der Waals surface area contributed by atoms with Crippen molar-refractivity contribution in [3.05, 3.63) is 53.7 Å². The fourth-order valence-electron chi connectivity index (χ4n) is 3.52. The van der Waals surface area contributed by atoms with Crippen LogP contribution in [0.5, 0.6) is 0 Å². The Morgan fingerprint density at radius 2 is 2.17 bits per heavy atom. The van der Waals surface area contributed by atoms with Gasteiger partial charge in [-0.3, -0.25) is 4.79 Å². The summed E-state index contributed by atoms with van der Waals surface area (Å²) in [5.41, 5.74) is 1.95. The maximum atomic E-state index is 12.7. The number of benzene rings is 1. The van der Waals surface area contributed by atoms with Gasteiger partial charge in [0.05, 0.1) is 17.8 Å². The number of carbonyl (C=O) groups is 1. The van der Waals surface area contributed by atoms with E-state index in [1.165, 1.54) is 0 Å². The van der Waals surface area contributed by atoms with Gasteiger partial charge in [0, 0.05) is 48.6 Å². The minimum Gasteiger partial charge on any atom is -0.361 e. The molecule has 1 aliphatic heterocycles. The second kappa shape index (κ2) is 6.32. The third-order valence-corrected chi connectivity index (χ3v) is 5.16. The number of rotatable bonds is 3. The molecule has 0 saturated carbocycles. The average Bonchev–Trinajstić information content (AvgIpc) is 3.26. The number of H-pyrrole nitrogens is 1. The third kappa shape index (κ3) is 2.80. The van der Waals surface area contributed by atoms with Crippen molar-refractivity contribution in [1.82, 2.24) is 19.4 Å². The van der Waals surface area contributed by atoms with Crippen LogP contribution >= 0.6 is 11.6 Å². The van der Waals surface area contributed by atoms with Gasteiger partial charge in [-0.05, 0) is 30.5 Å². The minimum atomic E-state index is 0.167. The van der Waals surface area contributed by atoms with Gasteiger partial charge in [-0.1, -0.05) is 17.7 Å². The van der Waals surface area contributed by atoms with Gasteiger partial charge in [0.15, 0.2) is 0 Å². The fraction of sp³-hybridized carbons (Fsp3) is 0.333. The molecule has 1 aromatic carbocycles. The van der Waals surface area contributed by atoms with Crippen LogP contribution in [0.4, 0.5) is 0 Å². The van der Waals surface area contributed by atoms with E-state index < -0.39 is 0 Å². The second-order valence-corrected chi connectivity index (χ2v) is 6.68. The van der Waals surface area contributed by atoms with E-state index in [9.17, 15) is 4.79 Å². The van der Waals surface area contributed by atoms with Crippen LogP contribution in [0, 0.1) is 0 Å². The van der Waals surface area contributed by atoms with Crippen molar-refractivity contribution in [3.63, 3.8) is 0 Å². The molecule has 3 heterocycles. The summed E-state index contributed by atoms with van der Waals surface area (Å²) in [5.74, 6) is 0.167. The van der Waals surface area contributed by atoms with Crippen molar-refractivity contribution in [2.75, 3.05) is 13.1 Å².